The molecule has 0 saturated heterocycles. The van der Waals surface area contributed by atoms with E-state index in [1.165, 1.54) is 5.56 Å². The molecule has 0 spiro atoms. The van der Waals surface area contributed by atoms with Crippen LogP contribution in [0, 0.1) is 0 Å². The second-order valence-electron chi connectivity index (χ2n) is 6.42. The van der Waals surface area contributed by atoms with Gasteiger partial charge in [-0.15, -0.1) is 0 Å². The van der Waals surface area contributed by atoms with Crippen LogP contribution in [0.3, 0.4) is 0 Å². The zero-order valence-electron chi connectivity index (χ0n) is 15.6. The first-order chi connectivity index (χ1) is 13.7. The maximum absolute atomic E-state index is 6.04. The van der Waals surface area contributed by atoms with E-state index < -0.39 is 0 Å². The van der Waals surface area contributed by atoms with Crippen LogP contribution < -0.4 is 15.8 Å². The van der Waals surface area contributed by atoms with Crippen molar-refractivity contribution in [3.05, 3.63) is 60.4 Å². The van der Waals surface area contributed by atoms with Crippen LogP contribution >= 0.6 is 0 Å². The lowest BCUT2D eigenvalue weighted by Crippen LogP contribution is -2.03. The number of nitrogens with zero attached hydrogens (tertiary/aromatic N) is 3. The van der Waals surface area contributed by atoms with Gasteiger partial charge in [-0.05, 0) is 18.1 Å². The van der Waals surface area contributed by atoms with Gasteiger partial charge in [0.15, 0.2) is 0 Å². The average Bonchev–Trinajstić information content (AvgIpc) is 3.15. The normalized spacial score (nSPS) is 10.9. The topological polar surface area (TPSA) is 102 Å². The lowest BCUT2D eigenvalue weighted by atomic mass is 10.1. The standard InChI is InChI=1S/C21H22N6O/c1-2-10-28-17-11-18(24-12-14-6-4-3-5-7-14)27-20-19(17)15(13-25-20)16-8-9-23-21(22)26-16/h3-9,11,13H,2,10,12H2,1H3,(H2,22,23,26)(H2,24,25,27). The van der Waals surface area contributed by atoms with Crippen LogP contribution in [0.1, 0.15) is 18.9 Å². The number of aromatic amines is 1. The molecule has 3 heterocycles. The Morgan fingerprint density at radius 1 is 1.14 bits per heavy atom. The first kappa shape index (κ1) is 17.8. The minimum Gasteiger partial charge on any atom is -0.493 e. The summed E-state index contributed by atoms with van der Waals surface area (Å²) >= 11 is 0. The summed E-state index contributed by atoms with van der Waals surface area (Å²) in [5.41, 5.74) is 9.29. The first-order valence-electron chi connectivity index (χ1n) is 9.26. The van der Waals surface area contributed by atoms with Gasteiger partial charge in [0.25, 0.3) is 0 Å². The van der Waals surface area contributed by atoms with Crippen molar-refractivity contribution < 1.29 is 4.74 Å². The molecule has 4 aromatic rings. The van der Waals surface area contributed by atoms with Crippen LogP contribution in [0.2, 0.25) is 0 Å². The summed E-state index contributed by atoms with van der Waals surface area (Å²) in [7, 11) is 0. The number of nitrogens with two attached hydrogens (primary N) is 1. The molecule has 142 valence electrons. The summed E-state index contributed by atoms with van der Waals surface area (Å²) in [5, 5.41) is 4.26. The lowest BCUT2D eigenvalue weighted by molar-refractivity contribution is 0.321. The number of rotatable bonds is 7. The summed E-state index contributed by atoms with van der Waals surface area (Å²) in [6, 6.07) is 14.0. The van der Waals surface area contributed by atoms with Crippen molar-refractivity contribution in [2.45, 2.75) is 19.9 Å². The van der Waals surface area contributed by atoms with E-state index in [1.807, 2.05) is 36.5 Å². The molecule has 3 aromatic heterocycles. The van der Waals surface area contributed by atoms with E-state index in [-0.39, 0.29) is 5.95 Å². The minimum absolute atomic E-state index is 0.233. The van der Waals surface area contributed by atoms with Gasteiger partial charge in [0.1, 0.15) is 17.2 Å². The molecule has 0 unspecified atom stereocenters. The number of pyridine rings is 1. The maximum atomic E-state index is 6.04. The molecular formula is C21H22N6O. The fourth-order valence-electron chi connectivity index (χ4n) is 3.03. The van der Waals surface area contributed by atoms with Crippen molar-refractivity contribution in [3.8, 4) is 17.0 Å². The zero-order chi connectivity index (χ0) is 19.3. The van der Waals surface area contributed by atoms with E-state index >= 15 is 0 Å². The molecule has 0 atom stereocenters. The van der Waals surface area contributed by atoms with Crippen molar-refractivity contribution in [2.24, 2.45) is 0 Å². The average molecular weight is 374 g/mol. The third-order valence-electron chi connectivity index (χ3n) is 4.33. The van der Waals surface area contributed by atoms with Gasteiger partial charge in [-0.3, -0.25) is 0 Å². The summed E-state index contributed by atoms with van der Waals surface area (Å²) in [4.78, 5) is 16.2. The lowest BCUT2D eigenvalue weighted by Gasteiger charge is -2.11. The van der Waals surface area contributed by atoms with E-state index in [1.54, 1.807) is 6.20 Å². The molecule has 4 N–H and O–H groups in total. The highest BCUT2D eigenvalue weighted by Crippen LogP contribution is 2.35. The Kier molecular flexibility index (Phi) is 5.05. The van der Waals surface area contributed by atoms with Crippen LogP contribution in [0.4, 0.5) is 11.8 Å². The summed E-state index contributed by atoms with van der Waals surface area (Å²) < 4.78 is 6.04. The smallest absolute Gasteiger partial charge is 0.220 e. The number of aromatic nitrogens is 4. The fourth-order valence-corrected chi connectivity index (χ4v) is 3.03. The van der Waals surface area contributed by atoms with Gasteiger partial charge >= 0.3 is 0 Å². The highest BCUT2D eigenvalue weighted by atomic mass is 16.5. The number of H-pyrrole nitrogens is 1. The Hall–Kier alpha value is -3.61. The van der Waals surface area contributed by atoms with Gasteiger partial charge in [0.05, 0.1) is 17.7 Å². The molecule has 4 rings (SSSR count). The van der Waals surface area contributed by atoms with Gasteiger partial charge in [0, 0.05) is 30.6 Å². The molecular weight excluding hydrogens is 352 g/mol. The van der Waals surface area contributed by atoms with Gasteiger partial charge in [0.2, 0.25) is 5.95 Å². The third kappa shape index (κ3) is 3.73. The summed E-state index contributed by atoms with van der Waals surface area (Å²) in [6.07, 6.45) is 4.43. The molecule has 0 aliphatic heterocycles. The first-order valence-corrected chi connectivity index (χ1v) is 9.26. The van der Waals surface area contributed by atoms with Crippen molar-refractivity contribution in [1.29, 1.82) is 0 Å². The predicted molar refractivity (Wildman–Crippen MR) is 111 cm³/mol. The largest absolute Gasteiger partial charge is 0.493 e. The molecule has 0 amide bonds. The van der Waals surface area contributed by atoms with Gasteiger partial charge < -0.3 is 20.8 Å². The SMILES string of the molecule is CCCOc1cc(NCc2ccccc2)nc2[nH]cc(-c3ccnc(N)n3)c12. The van der Waals surface area contributed by atoms with E-state index in [0.717, 1.165) is 40.3 Å². The van der Waals surface area contributed by atoms with Crippen LogP contribution in [0.15, 0.2) is 54.9 Å². The molecule has 0 aliphatic rings. The van der Waals surface area contributed by atoms with Crippen LogP contribution in [-0.2, 0) is 6.54 Å². The Bertz CT molecular complexity index is 1080. The van der Waals surface area contributed by atoms with Crippen molar-refractivity contribution in [1.82, 2.24) is 19.9 Å². The minimum atomic E-state index is 0.233. The van der Waals surface area contributed by atoms with E-state index in [9.17, 15) is 0 Å². The van der Waals surface area contributed by atoms with Crippen LogP contribution in [0.5, 0.6) is 5.75 Å². The number of ether oxygens (including phenoxy) is 1. The Labute approximate surface area is 163 Å². The Morgan fingerprint density at radius 2 is 2.00 bits per heavy atom. The highest BCUT2D eigenvalue weighted by Gasteiger charge is 2.16. The summed E-state index contributed by atoms with van der Waals surface area (Å²) in [6.45, 7) is 3.38. The van der Waals surface area contributed by atoms with Crippen molar-refractivity contribution >= 4 is 22.8 Å². The summed E-state index contributed by atoms with van der Waals surface area (Å²) in [5.74, 6) is 1.74. The second-order valence-corrected chi connectivity index (χ2v) is 6.42. The van der Waals surface area contributed by atoms with Crippen LogP contribution in [0.25, 0.3) is 22.3 Å². The third-order valence-corrected chi connectivity index (χ3v) is 4.33. The molecule has 28 heavy (non-hydrogen) atoms. The fraction of sp³-hybridized carbons (Fsp3) is 0.190. The van der Waals surface area contributed by atoms with Gasteiger partial charge in [-0.25, -0.2) is 15.0 Å². The number of hydrogen-bond donors (Lipinski definition) is 3. The van der Waals surface area contributed by atoms with E-state index in [4.69, 9.17) is 15.5 Å². The van der Waals surface area contributed by atoms with E-state index in [0.29, 0.717) is 13.2 Å². The number of fused-ring (bicyclic) bond motifs is 1. The van der Waals surface area contributed by atoms with Gasteiger partial charge in [-0.2, -0.15) is 0 Å². The molecule has 1 aromatic carbocycles. The number of nitrogen functional groups attached to an aromatic ring is 1. The van der Waals surface area contributed by atoms with Crippen molar-refractivity contribution in [2.75, 3.05) is 17.7 Å². The molecule has 7 heteroatoms. The number of hydrogen-bond acceptors (Lipinski definition) is 6. The van der Waals surface area contributed by atoms with Crippen molar-refractivity contribution in [3.63, 3.8) is 0 Å². The Balaban J connectivity index is 1.72. The maximum Gasteiger partial charge on any atom is 0.220 e. The number of anilines is 2. The molecule has 0 bridgehead atoms. The molecule has 7 nitrogen and oxygen atoms in total. The quantitative estimate of drug-likeness (QED) is 0.452. The predicted octanol–water partition coefficient (Wildman–Crippen LogP) is 4.00. The van der Waals surface area contributed by atoms with Crippen LogP contribution in [-0.4, -0.2) is 26.5 Å². The highest BCUT2D eigenvalue weighted by molar-refractivity contribution is 5.98. The number of nitrogens with one attached hydrogen (secondary N) is 2. The monoisotopic (exact) mass is 374 g/mol. The molecule has 0 radical (unpaired) electrons. The molecule has 0 fully saturated rings. The molecule has 0 aliphatic carbocycles. The zero-order valence-corrected chi connectivity index (χ0v) is 15.6. The molecule has 0 saturated carbocycles. The number of benzene rings is 1. The van der Waals surface area contributed by atoms with Gasteiger partial charge in [-0.1, -0.05) is 37.3 Å². The Morgan fingerprint density at radius 3 is 2.79 bits per heavy atom. The van der Waals surface area contributed by atoms with E-state index in [2.05, 4.69) is 39.3 Å². The second kappa shape index (κ2) is 7.96.